The number of anilines is 1. The Morgan fingerprint density at radius 3 is 2.37 bits per heavy atom. The van der Waals surface area contributed by atoms with Crippen molar-refractivity contribution in [2.24, 2.45) is 11.5 Å². The number of hydrogen-bond donors (Lipinski definition) is 5. The molecule has 3 aromatic carbocycles. The van der Waals surface area contributed by atoms with Gasteiger partial charge in [-0.25, -0.2) is 4.98 Å². The number of pyridine rings is 1. The highest BCUT2D eigenvalue weighted by Gasteiger charge is 2.14. The Bertz CT molecular complexity index is 1860. The minimum atomic E-state index is -0.471. The van der Waals surface area contributed by atoms with Crippen LogP contribution in [-0.2, 0) is 0 Å². The molecular weight excluding hydrogens is 522 g/mol. The first-order valence-corrected chi connectivity index (χ1v) is 12.4. The van der Waals surface area contributed by atoms with Gasteiger partial charge in [-0.05, 0) is 54.6 Å². The van der Waals surface area contributed by atoms with Crippen LogP contribution in [0.1, 0.15) is 32.1 Å². The number of amides is 2. The van der Waals surface area contributed by atoms with Crippen LogP contribution in [0.2, 0.25) is 0 Å². The number of aromatic amines is 1. The van der Waals surface area contributed by atoms with Gasteiger partial charge in [0.05, 0.1) is 22.4 Å². The molecule has 204 valence electrons. The standard InChI is InChI=1S/C30H25N7O4/c1-33-29(39)24-16-21(13-14-34-24)41-20-11-9-19(10-12-20)35-28(38)18-6-4-5-17(15-18)25(31)26(32)27-30(40)37-23-8-3-2-7-22(23)36-27/h2-16H,31-32H2,1H3,(H,33,39)(H,35,38)(H,37,40)/b26-25+. The zero-order valence-electron chi connectivity index (χ0n) is 21.8. The first-order chi connectivity index (χ1) is 19.8. The number of rotatable bonds is 7. The lowest BCUT2D eigenvalue weighted by atomic mass is 10.1. The van der Waals surface area contributed by atoms with Crippen LogP contribution in [-0.4, -0.2) is 33.8 Å². The van der Waals surface area contributed by atoms with Crippen LogP contribution in [0, 0.1) is 0 Å². The minimum Gasteiger partial charge on any atom is -0.457 e. The summed E-state index contributed by atoms with van der Waals surface area (Å²) >= 11 is 0. The molecule has 2 amide bonds. The number of para-hydroxylation sites is 2. The fraction of sp³-hybridized carbons (Fsp3) is 0.0333. The second-order valence-corrected chi connectivity index (χ2v) is 8.88. The molecule has 0 fully saturated rings. The molecule has 0 spiro atoms. The van der Waals surface area contributed by atoms with Crippen molar-refractivity contribution in [3.63, 3.8) is 0 Å². The molecular formula is C30H25N7O4. The van der Waals surface area contributed by atoms with E-state index in [0.29, 0.717) is 39.3 Å². The van der Waals surface area contributed by atoms with E-state index in [1.807, 2.05) is 0 Å². The van der Waals surface area contributed by atoms with Crippen LogP contribution >= 0.6 is 0 Å². The Balaban J connectivity index is 1.31. The molecule has 0 radical (unpaired) electrons. The third kappa shape index (κ3) is 5.88. The van der Waals surface area contributed by atoms with E-state index in [2.05, 4.69) is 25.6 Å². The molecule has 5 aromatic rings. The molecule has 0 saturated carbocycles. The molecule has 0 saturated heterocycles. The molecule has 2 heterocycles. The molecule has 0 unspecified atom stereocenters. The number of fused-ring (bicyclic) bond motifs is 1. The summed E-state index contributed by atoms with van der Waals surface area (Å²) < 4.78 is 5.80. The van der Waals surface area contributed by atoms with Gasteiger partial charge in [-0.2, -0.15) is 0 Å². The van der Waals surface area contributed by atoms with Crippen LogP contribution in [0.3, 0.4) is 0 Å². The number of ether oxygens (including phenoxy) is 1. The lowest BCUT2D eigenvalue weighted by Crippen LogP contribution is -2.20. The van der Waals surface area contributed by atoms with E-state index in [9.17, 15) is 14.4 Å². The Hall–Kier alpha value is -5.97. The number of carbonyl (C=O) groups excluding carboxylic acids is 2. The fourth-order valence-electron chi connectivity index (χ4n) is 4.00. The highest BCUT2D eigenvalue weighted by Crippen LogP contribution is 2.24. The summed E-state index contributed by atoms with van der Waals surface area (Å²) in [5.41, 5.74) is 14.9. The van der Waals surface area contributed by atoms with Gasteiger partial charge in [0, 0.05) is 36.1 Å². The van der Waals surface area contributed by atoms with E-state index in [4.69, 9.17) is 16.2 Å². The smallest absolute Gasteiger partial charge is 0.276 e. The predicted octanol–water partition coefficient (Wildman–Crippen LogP) is 3.47. The SMILES string of the molecule is CNC(=O)c1cc(Oc2ccc(NC(=O)c3cccc(/C(N)=C(\N)c4nc5ccccc5[nH]c4=O)c3)cc2)ccn1. The number of nitrogens with one attached hydrogen (secondary N) is 3. The van der Waals surface area contributed by atoms with Crippen molar-refractivity contribution in [2.75, 3.05) is 12.4 Å². The molecule has 2 aromatic heterocycles. The van der Waals surface area contributed by atoms with Crippen molar-refractivity contribution >= 4 is 39.9 Å². The van der Waals surface area contributed by atoms with Gasteiger partial charge in [-0.15, -0.1) is 0 Å². The summed E-state index contributed by atoms with van der Waals surface area (Å²) in [6.07, 6.45) is 1.48. The van der Waals surface area contributed by atoms with Crippen LogP contribution in [0.4, 0.5) is 5.69 Å². The highest BCUT2D eigenvalue weighted by atomic mass is 16.5. The largest absolute Gasteiger partial charge is 0.457 e. The number of H-pyrrole nitrogens is 1. The van der Waals surface area contributed by atoms with Gasteiger partial charge in [0.25, 0.3) is 17.4 Å². The zero-order chi connectivity index (χ0) is 28.9. The lowest BCUT2D eigenvalue weighted by molar-refractivity contribution is 0.0957. The quantitative estimate of drug-likeness (QED) is 0.206. The lowest BCUT2D eigenvalue weighted by Gasteiger charge is -2.11. The number of aromatic nitrogens is 3. The molecule has 11 nitrogen and oxygen atoms in total. The molecule has 0 aliphatic carbocycles. The maximum absolute atomic E-state index is 13.0. The number of hydrogen-bond acceptors (Lipinski definition) is 8. The summed E-state index contributed by atoms with van der Waals surface area (Å²) in [7, 11) is 1.52. The van der Waals surface area contributed by atoms with Gasteiger partial charge in [-0.3, -0.25) is 19.4 Å². The number of nitrogens with zero attached hydrogens (tertiary/aromatic N) is 2. The van der Waals surface area contributed by atoms with Gasteiger partial charge in [0.2, 0.25) is 0 Å². The van der Waals surface area contributed by atoms with Crippen LogP contribution in [0.5, 0.6) is 11.5 Å². The van der Waals surface area contributed by atoms with Crippen LogP contribution in [0.25, 0.3) is 22.4 Å². The summed E-state index contributed by atoms with van der Waals surface area (Å²) in [4.78, 5) is 48.5. The highest BCUT2D eigenvalue weighted by molar-refractivity contribution is 6.05. The average Bonchev–Trinajstić information content (AvgIpc) is 3.00. The van der Waals surface area contributed by atoms with E-state index < -0.39 is 5.56 Å². The third-order valence-electron chi connectivity index (χ3n) is 6.12. The zero-order valence-corrected chi connectivity index (χ0v) is 21.8. The molecule has 5 rings (SSSR count). The first kappa shape index (κ1) is 26.6. The maximum atomic E-state index is 13.0. The van der Waals surface area contributed by atoms with E-state index in [1.54, 1.807) is 78.9 Å². The average molecular weight is 548 g/mol. The summed E-state index contributed by atoms with van der Waals surface area (Å²) in [5, 5.41) is 5.34. The van der Waals surface area contributed by atoms with Crippen molar-refractivity contribution in [1.82, 2.24) is 20.3 Å². The van der Waals surface area contributed by atoms with Crippen molar-refractivity contribution in [3.05, 3.63) is 124 Å². The van der Waals surface area contributed by atoms with Crippen molar-refractivity contribution in [1.29, 1.82) is 0 Å². The molecule has 0 bridgehead atoms. The summed E-state index contributed by atoms with van der Waals surface area (Å²) in [6, 6.07) is 23.5. The summed E-state index contributed by atoms with van der Waals surface area (Å²) in [5.74, 6) is 0.247. The first-order valence-electron chi connectivity index (χ1n) is 12.4. The van der Waals surface area contributed by atoms with Crippen molar-refractivity contribution in [3.8, 4) is 11.5 Å². The number of nitrogens with two attached hydrogens (primary N) is 2. The van der Waals surface area contributed by atoms with Gasteiger partial charge in [-0.1, -0.05) is 24.3 Å². The minimum absolute atomic E-state index is 0.00166. The molecule has 0 atom stereocenters. The van der Waals surface area contributed by atoms with Crippen molar-refractivity contribution < 1.29 is 14.3 Å². The van der Waals surface area contributed by atoms with Crippen LogP contribution < -0.4 is 32.4 Å². The molecule has 11 heteroatoms. The Kier molecular flexibility index (Phi) is 7.41. The number of carbonyl (C=O) groups is 2. The van der Waals surface area contributed by atoms with Crippen LogP contribution in [0.15, 0.2) is 95.9 Å². The number of benzene rings is 3. The van der Waals surface area contributed by atoms with Gasteiger partial charge >= 0.3 is 0 Å². The van der Waals surface area contributed by atoms with Gasteiger partial charge in [0.15, 0.2) is 5.69 Å². The molecule has 0 aliphatic rings. The van der Waals surface area contributed by atoms with E-state index >= 15 is 0 Å². The van der Waals surface area contributed by atoms with Gasteiger partial charge in [0.1, 0.15) is 17.2 Å². The molecule has 0 aliphatic heterocycles. The second-order valence-electron chi connectivity index (χ2n) is 8.88. The van der Waals surface area contributed by atoms with Gasteiger partial charge < -0.3 is 31.8 Å². The Morgan fingerprint density at radius 2 is 1.59 bits per heavy atom. The fourth-order valence-corrected chi connectivity index (χ4v) is 4.00. The maximum Gasteiger partial charge on any atom is 0.276 e. The van der Waals surface area contributed by atoms with Crippen molar-refractivity contribution in [2.45, 2.75) is 0 Å². The Morgan fingerprint density at radius 1 is 0.829 bits per heavy atom. The van der Waals surface area contributed by atoms with E-state index in [-0.39, 0.29) is 34.6 Å². The second kappa shape index (κ2) is 11.4. The third-order valence-corrected chi connectivity index (χ3v) is 6.12. The normalized spacial score (nSPS) is 11.4. The van der Waals surface area contributed by atoms with E-state index in [1.165, 1.54) is 19.3 Å². The topological polar surface area (TPSA) is 178 Å². The monoisotopic (exact) mass is 547 g/mol. The van der Waals surface area contributed by atoms with E-state index in [0.717, 1.165) is 0 Å². The molecule has 41 heavy (non-hydrogen) atoms. The Labute approximate surface area is 233 Å². The summed E-state index contributed by atoms with van der Waals surface area (Å²) in [6.45, 7) is 0. The predicted molar refractivity (Wildman–Crippen MR) is 156 cm³/mol. The molecule has 7 N–H and O–H groups in total.